The molecule has 2 aliphatic carbocycles. The monoisotopic (exact) mass is 620 g/mol. The lowest BCUT2D eigenvalue weighted by atomic mass is 9.85. The van der Waals surface area contributed by atoms with E-state index in [1.54, 1.807) is 12.0 Å². The van der Waals surface area contributed by atoms with Crippen molar-refractivity contribution in [1.29, 1.82) is 0 Å². The molecule has 2 saturated carbocycles. The minimum absolute atomic E-state index is 0.106. The minimum Gasteiger partial charge on any atom is -0.497 e. The van der Waals surface area contributed by atoms with Gasteiger partial charge in [-0.3, -0.25) is 9.59 Å². The number of rotatable bonds is 3. The number of carbonyl (C=O) groups excluding carboxylic acids is 3. The Morgan fingerprint density at radius 1 is 1.07 bits per heavy atom. The molecular weight excluding hydrogens is 572 g/mol. The number of aromatic nitrogens is 2. The van der Waals surface area contributed by atoms with Gasteiger partial charge in [0.15, 0.2) is 5.78 Å². The average Bonchev–Trinajstić information content (AvgIpc) is 3.54. The molecule has 1 aromatic carbocycles. The Balaban J connectivity index is 1.38. The molecule has 1 aromatic heterocycles. The van der Waals surface area contributed by atoms with Gasteiger partial charge < -0.3 is 24.4 Å². The molecule has 3 heterocycles. The quantitative estimate of drug-likeness (QED) is 0.478. The maximum absolute atomic E-state index is 14.4. The number of benzene rings is 1. The van der Waals surface area contributed by atoms with Gasteiger partial charge in [0.2, 0.25) is 11.8 Å². The number of hydrogen-bond acceptors (Lipinski definition) is 8. The zero-order chi connectivity index (χ0) is 32.0. The van der Waals surface area contributed by atoms with Crippen LogP contribution in [0.15, 0.2) is 18.2 Å². The molecule has 1 N–H and O–H groups in total. The van der Waals surface area contributed by atoms with Crippen LogP contribution in [0.4, 0.5) is 4.79 Å². The zero-order valence-corrected chi connectivity index (χ0v) is 27.5. The summed E-state index contributed by atoms with van der Waals surface area (Å²) in [7, 11) is 1.62. The topological polar surface area (TPSA) is 120 Å². The Kier molecular flexibility index (Phi) is 8.69. The largest absolute Gasteiger partial charge is 0.497 e. The van der Waals surface area contributed by atoms with Crippen LogP contribution >= 0.6 is 0 Å². The van der Waals surface area contributed by atoms with Gasteiger partial charge in [-0.25, -0.2) is 14.8 Å². The summed E-state index contributed by atoms with van der Waals surface area (Å²) in [5, 5.41) is 2.95. The number of ketones is 1. The second kappa shape index (κ2) is 12.4. The Labute approximate surface area is 266 Å². The fourth-order valence-electron chi connectivity index (χ4n) is 8.07. The number of aryl methyl sites for hydroxylation is 1. The van der Waals surface area contributed by atoms with Crippen molar-refractivity contribution < 1.29 is 28.6 Å². The molecule has 2 amide bonds. The van der Waals surface area contributed by atoms with Crippen molar-refractivity contribution in [2.45, 2.75) is 110 Å². The van der Waals surface area contributed by atoms with Crippen molar-refractivity contribution >= 4 is 28.8 Å². The summed E-state index contributed by atoms with van der Waals surface area (Å²) < 4.78 is 18.2. The van der Waals surface area contributed by atoms with Crippen molar-refractivity contribution in [1.82, 2.24) is 20.2 Å². The van der Waals surface area contributed by atoms with Crippen LogP contribution < -0.4 is 14.8 Å². The zero-order valence-electron chi connectivity index (χ0n) is 27.5. The van der Waals surface area contributed by atoms with Crippen molar-refractivity contribution in [3.05, 3.63) is 23.9 Å². The standard InChI is InChI=1S/C35H48N4O6/c1-7-23-28-18-39(29(23)19(2)40)33(41)31(35(3,4)5)38-34(42)45-30-20(15-21-16-24(21)30)11-9-8-10-12-26-32(44-28)37-27-17-22(43-6)13-14-25(27)36-26/h13-14,17,20-21,23-24,28-31H,7-12,15-16,18H2,1-6H3,(H,38,42)/t20-,21-,23-,24+,28+,29-,30+,31-/m1/s1. The highest BCUT2D eigenvalue weighted by Gasteiger charge is 2.55. The third kappa shape index (κ3) is 6.34. The number of amides is 2. The van der Waals surface area contributed by atoms with E-state index in [2.05, 4.69) is 5.32 Å². The highest BCUT2D eigenvalue weighted by Crippen LogP contribution is 2.57. The molecule has 2 aromatic rings. The van der Waals surface area contributed by atoms with Gasteiger partial charge in [-0.15, -0.1) is 0 Å². The van der Waals surface area contributed by atoms with E-state index >= 15 is 0 Å². The van der Waals surface area contributed by atoms with Gasteiger partial charge in [0.05, 0.1) is 30.7 Å². The van der Waals surface area contributed by atoms with Gasteiger partial charge in [-0.2, -0.15) is 0 Å². The Morgan fingerprint density at radius 2 is 1.87 bits per heavy atom. The van der Waals surface area contributed by atoms with Crippen LogP contribution in [0.1, 0.15) is 85.3 Å². The van der Waals surface area contributed by atoms with Crippen molar-refractivity contribution in [3.63, 3.8) is 0 Å². The van der Waals surface area contributed by atoms with Gasteiger partial charge in [-0.1, -0.05) is 40.5 Å². The molecule has 1 saturated heterocycles. The molecule has 244 valence electrons. The molecule has 6 rings (SSSR count). The molecule has 2 bridgehead atoms. The highest BCUT2D eigenvalue weighted by molar-refractivity contribution is 5.92. The number of nitrogens with one attached hydrogen (secondary N) is 1. The second-order valence-corrected chi connectivity index (χ2v) is 14.7. The summed E-state index contributed by atoms with van der Waals surface area (Å²) in [6.45, 7) is 9.51. The summed E-state index contributed by atoms with van der Waals surface area (Å²) in [5.41, 5.74) is 1.60. The first-order chi connectivity index (χ1) is 21.5. The summed E-state index contributed by atoms with van der Waals surface area (Å²) >= 11 is 0. The molecule has 10 nitrogen and oxygen atoms in total. The Bertz CT molecular complexity index is 1460. The lowest BCUT2D eigenvalue weighted by Gasteiger charge is -2.36. The molecule has 10 heteroatoms. The van der Waals surface area contributed by atoms with Crippen LogP contribution in [-0.4, -0.2) is 70.6 Å². The molecular formula is C35H48N4O6. The van der Waals surface area contributed by atoms with E-state index in [0.29, 0.717) is 47.7 Å². The number of carbonyl (C=O) groups is 3. The van der Waals surface area contributed by atoms with Gasteiger partial charge in [0, 0.05) is 12.0 Å². The van der Waals surface area contributed by atoms with Gasteiger partial charge in [0.25, 0.3) is 0 Å². The maximum Gasteiger partial charge on any atom is 0.408 e. The van der Waals surface area contributed by atoms with Crippen LogP contribution in [0, 0.1) is 29.1 Å². The van der Waals surface area contributed by atoms with E-state index < -0.39 is 29.7 Å². The summed E-state index contributed by atoms with van der Waals surface area (Å²) in [4.78, 5) is 52.5. The number of Topliss-reactive ketones (excluding diaryl/α,β-unsaturated/α-hetero) is 1. The smallest absolute Gasteiger partial charge is 0.408 e. The molecule has 0 unspecified atom stereocenters. The van der Waals surface area contributed by atoms with Crippen LogP contribution in [0.25, 0.3) is 11.0 Å². The summed E-state index contributed by atoms with van der Waals surface area (Å²) in [5.74, 6) is 1.87. The molecule has 45 heavy (non-hydrogen) atoms. The minimum atomic E-state index is -0.875. The van der Waals surface area contributed by atoms with E-state index in [1.165, 1.54) is 6.92 Å². The van der Waals surface area contributed by atoms with E-state index in [9.17, 15) is 14.4 Å². The third-order valence-corrected chi connectivity index (χ3v) is 10.5. The molecule has 4 aliphatic rings. The third-order valence-electron chi connectivity index (χ3n) is 10.5. The molecule has 8 atom stereocenters. The number of nitrogens with zero attached hydrogens (tertiary/aromatic N) is 3. The SMILES string of the molecule is CC[C@@H]1[C@@H]2CN(C(=O)[C@H](C(C)(C)C)NC(=O)O[C@H]3[C@H](CCCCCc4nc5ccc(OC)cc5nc4O2)C[C@@H]2C[C@@H]23)[C@@H]1C(C)=O. The van der Waals surface area contributed by atoms with Crippen LogP contribution in [0.2, 0.25) is 0 Å². The van der Waals surface area contributed by atoms with Crippen molar-refractivity contribution in [2.75, 3.05) is 13.7 Å². The van der Waals surface area contributed by atoms with Crippen molar-refractivity contribution in [3.8, 4) is 11.6 Å². The lowest BCUT2D eigenvalue weighted by molar-refractivity contribution is -0.141. The van der Waals surface area contributed by atoms with E-state index in [4.69, 9.17) is 24.2 Å². The van der Waals surface area contributed by atoms with Gasteiger partial charge >= 0.3 is 6.09 Å². The lowest BCUT2D eigenvalue weighted by Crippen LogP contribution is -2.57. The first-order valence-corrected chi connectivity index (χ1v) is 16.8. The van der Waals surface area contributed by atoms with Crippen molar-refractivity contribution in [2.24, 2.45) is 29.1 Å². The fourth-order valence-corrected chi connectivity index (χ4v) is 8.07. The first kappa shape index (κ1) is 31.5. The highest BCUT2D eigenvalue weighted by atomic mass is 16.6. The number of hydrogen-bond donors (Lipinski definition) is 1. The number of ether oxygens (including phenoxy) is 3. The normalized spacial score (nSPS) is 32.3. The van der Waals surface area contributed by atoms with Gasteiger partial charge in [0.1, 0.15) is 29.7 Å². The Hall–Kier alpha value is -3.43. The van der Waals surface area contributed by atoms with E-state index in [-0.39, 0.29) is 30.3 Å². The van der Waals surface area contributed by atoms with Crippen LogP contribution in [0.3, 0.4) is 0 Å². The molecule has 2 aliphatic heterocycles. The Morgan fingerprint density at radius 3 is 2.58 bits per heavy atom. The fraction of sp³-hybridized carbons (Fsp3) is 0.686. The second-order valence-electron chi connectivity index (χ2n) is 14.7. The van der Waals surface area contributed by atoms with E-state index in [0.717, 1.165) is 49.7 Å². The maximum atomic E-state index is 14.4. The number of methoxy groups -OCH3 is 1. The van der Waals surface area contributed by atoms with Gasteiger partial charge in [-0.05, 0) is 80.8 Å². The predicted octanol–water partition coefficient (Wildman–Crippen LogP) is 5.49. The molecule has 3 fully saturated rings. The molecule has 0 radical (unpaired) electrons. The summed E-state index contributed by atoms with van der Waals surface area (Å²) in [6, 6.07) is 4.08. The molecule has 0 spiro atoms. The van der Waals surface area contributed by atoms with E-state index in [1.807, 2.05) is 45.9 Å². The number of fused-ring (bicyclic) bond motifs is 7. The number of alkyl carbamates (subject to hydrolysis) is 1. The summed E-state index contributed by atoms with van der Waals surface area (Å²) in [6.07, 6.45) is 6.40. The van der Waals surface area contributed by atoms with Crippen LogP contribution in [-0.2, 0) is 20.7 Å². The first-order valence-electron chi connectivity index (χ1n) is 16.8. The van der Waals surface area contributed by atoms with Crippen LogP contribution in [0.5, 0.6) is 11.6 Å². The predicted molar refractivity (Wildman–Crippen MR) is 169 cm³/mol. The average molecular weight is 621 g/mol.